The Balaban J connectivity index is 1.73. The van der Waals surface area contributed by atoms with Crippen LogP contribution in [0.3, 0.4) is 0 Å². The maximum Gasteiger partial charge on any atom is 0.258 e. The summed E-state index contributed by atoms with van der Waals surface area (Å²) in [6.07, 6.45) is 4.96. The Bertz CT molecular complexity index is 843. The summed E-state index contributed by atoms with van der Waals surface area (Å²) in [7, 11) is 1.52. The highest BCUT2D eigenvalue weighted by molar-refractivity contribution is 6.04. The second-order valence-corrected chi connectivity index (χ2v) is 5.44. The maximum absolute atomic E-state index is 12.4. The van der Waals surface area contributed by atoms with Gasteiger partial charge >= 0.3 is 0 Å². The highest BCUT2D eigenvalue weighted by Gasteiger charge is 2.13. The molecule has 0 aliphatic rings. The number of anilines is 1. The molecule has 24 heavy (non-hydrogen) atoms. The number of hydrogen-bond acceptors (Lipinski definition) is 4. The summed E-state index contributed by atoms with van der Waals surface area (Å²) >= 11 is 0. The number of ether oxygens (including phenoxy) is 1. The first kappa shape index (κ1) is 15.7. The van der Waals surface area contributed by atoms with Crippen molar-refractivity contribution in [3.8, 4) is 5.88 Å². The van der Waals surface area contributed by atoms with Gasteiger partial charge in [-0.2, -0.15) is 5.10 Å². The monoisotopic (exact) mass is 322 g/mol. The summed E-state index contributed by atoms with van der Waals surface area (Å²) in [5.41, 5.74) is 3.08. The van der Waals surface area contributed by atoms with Crippen LogP contribution in [-0.2, 0) is 6.54 Å². The molecule has 122 valence electrons. The van der Waals surface area contributed by atoms with Crippen LogP contribution in [0.15, 0.2) is 55.0 Å². The molecular formula is C18H18N4O2. The van der Waals surface area contributed by atoms with E-state index in [4.69, 9.17) is 4.74 Å². The Kier molecular flexibility index (Phi) is 4.56. The number of nitrogens with one attached hydrogen (secondary N) is 1. The summed E-state index contributed by atoms with van der Waals surface area (Å²) in [5.74, 6) is 0.130. The Hall–Kier alpha value is -3.15. The summed E-state index contributed by atoms with van der Waals surface area (Å²) < 4.78 is 6.91. The van der Waals surface area contributed by atoms with Gasteiger partial charge in [-0.1, -0.05) is 30.3 Å². The van der Waals surface area contributed by atoms with Crippen molar-refractivity contribution in [2.45, 2.75) is 13.5 Å². The Morgan fingerprint density at radius 1 is 1.25 bits per heavy atom. The van der Waals surface area contributed by atoms with Gasteiger partial charge in [-0.05, 0) is 24.1 Å². The fraction of sp³-hybridized carbons (Fsp3) is 0.167. The van der Waals surface area contributed by atoms with Crippen LogP contribution in [0.2, 0.25) is 0 Å². The van der Waals surface area contributed by atoms with Gasteiger partial charge in [0.25, 0.3) is 5.91 Å². The first-order valence-electron chi connectivity index (χ1n) is 7.54. The van der Waals surface area contributed by atoms with Crippen LogP contribution >= 0.6 is 0 Å². The minimum absolute atomic E-state index is 0.250. The van der Waals surface area contributed by atoms with E-state index in [-0.39, 0.29) is 5.91 Å². The molecule has 0 bridgehead atoms. The number of aryl methyl sites for hydroxylation is 1. The minimum atomic E-state index is -0.250. The van der Waals surface area contributed by atoms with Crippen molar-refractivity contribution in [3.63, 3.8) is 0 Å². The van der Waals surface area contributed by atoms with Crippen molar-refractivity contribution in [3.05, 3.63) is 71.7 Å². The predicted octanol–water partition coefficient (Wildman–Crippen LogP) is 2.90. The zero-order valence-corrected chi connectivity index (χ0v) is 13.6. The van der Waals surface area contributed by atoms with Gasteiger partial charge in [-0.15, -0.1) is 0 Å². The Morgan fingerprint density at radius 2 is 2.04 bits per heavy atom. The van der Waals surface area contributed by atoms with E-state index in [1.54, 1.807) is 23.3 Å². The number of hydrogen-bond donors (Lipinski definition) is 1. The lowest BCUT2D eigenvalue weighted by Crippen LogP contribution is -2.12. The standard InChI is InChI=1S/C18H18N4O2/c1-13-8-16(18(24-2)19-9-13)21-17(23)15-10-20-22(12-15)11-14-6-4-3-5-7-14/h3-10,12H,11H2,1-2H3,(H,21,23). The van der Waals surface area contributed by atoms with Crippen molar-refractivity contribution in [1.82, 2.24) is 14.8 Å². The number of pyridine rings is 1. The van der Waals surface area contributed by atoms with Crippen LogP contribution < -0.4 is 10.1 Å². The fourth-order valence-electron chi connectivity index (χ4n) is 2.34. The molecule has 3 rings (SSSR count). The third kappa shape index (κ3) is 3.60. The highest BCUT2D eigenvalue weighted by atomic mass is 16.5. The molecule has 6 heteroatoms. The molecule has 3 aromatic rings. The lowest BCUT2D eigenvalue weighted by atomic mass is 10.2. The number of methoxy groups -OCH3 is 1. The van der Waals surface area contributed by atoms with Crippen LogP contribution in [0.25, 0.3) is 0 Å². The third-order valence-electron chi connectivity index (χ3n) is 3.51. The van der Waals surface area contributed by atoms with E-state index in [0.29, 0.717) is 23.7 Å². The van der Waals surface area contributed by atoms with Gasteiger partial charge in [0.2, 0.25) is 5.88 Å². The highest BCUT2D eigenvalue weighted by Crippen LogP contribution is 2.22. The number of benzene rings is 1. The summed E-state index contributed by atoms with van der Waals surface area (Å²) in [6, 6.07) is 11.8. The molecule has 1 aromatic carbocycles. The lowest BCUT2D eigenvalue weighted by molar-refractivity contribution is 0.102. The zero-order valence-electron chi connectivity index (χ0n) is 13.6. The number of aromatic nitrogens is 3. The first-order valence-corrected chi connectivity index (χ1v) is 7.54. The molecular weight excluding hydrogens is 304 g/mol. The molecule has 0 atom stereocenters. The molecule has 0 aliphatic heterocycles. The van der Waals surface area contributed by atoms with Gasteiger partial charge in [-0.25, -0.2) is 4.98 Å². The van der Waals surface area contributed by atoms with E-state index in [1.165, 1.54) is 7.11 Å². The van der Waals surface area contributed by atoms with Gasteiger partial charge in [0.1, 0.15) is 5.69 Å². The van der Waals surface area contributed by atoms with E-state index in [9.17, 15) is 4.79 Å². The molecule has 0 spiro atoms. The van der Waals surface area contributed by atoms with E-state index in [0.717, 1.165) is 11.1 Å². The van der Waals surface area contributed by atoms with E-state index in [1.807, 2.05) is 43.3 Å². The average Bonchev–Trinajstić information content (AvgIpc) is 3.05. The molecule has 0 saturated heterocycles. The van der Waals surface area contributed by atoms with Crippen molar-refractivity contribution in [2.75, 3.05) is 12.4 Å². The SMILES string of the molecule is COc1ncc(C)cc1NC(=O)c1cnn(Cc2ccccc2)c1. The van der Waals surface area contributed by atoms with Crippen molar-refractivity contribution < 1.29 is 9.53 Å². The zero-order chi connectivity index (χ0) is 16.9. The lowest BCUT2D eigenvalue weighted by Gasteiger charge is -2.09. The predicted molar refractivity (Wildman–Crippen MR) is 91.3 cm³/mol. The molecule has 6 nitrogen and oxygen atoms in total. The molecule has 1 amide bonds. The average molecular weight is 322 g/mol. The Morgan fingerprint density at radius 3 is 2.79 bits per heavy atom. The molecule has 0 aliphatic carbocycles. The number of carbonyl (C=O) groups is 1. The van der Waals surface area contributed by atoms with Crippen molar-refractivity contribution in [1.29, 1.82) is 0 Å². The van der Waals surface area contributed by atoms with Crippen LogP contribution in [0.1, 0.15) is 21.5 Å². The molecule has 2 heterocycles. The molecule has 0 fully saturated rings. The molecule has 0 unspecified atom stereocenters. The van der Waals surface area contributed by atoms with Gasteiger partial charge in [-0.3, -0.25) is 9.48 Å². The van der Waals surface area contributed by atoms with E-state index < -0.39 is 0 Å². The second kappa shape index (κ2) is 6.95. The van der Waals surface area contributed by atoms with Crippen LogP contribution in [0.5, 0.6) is 5.88 Å². The fourth-order valence-corrected chi connectivity index (χ4v) is 2.34. The summed E-state index contributed by atoms with van der Waals surface area (Å²) in [6.45, 7) is 2.52. The van der Waals surface area contributed by atoms with Crippen LogP contribution in [0, 0.1) is 6.92 Å². The maximum atomic E-state index is 12.4. The molecule has 0 radical (unpaired) electrons. The third-order valence-corrected chi connectivity index (χ3v) is 3.51. The van der Waals surface area contributed by atoms with Gasteiger partial charge < -0.3 is 10.1 Å². The molecule has 0 saturated carbocycles. The van der Waals surface area contributed by atoms with Gasteiger partial charge in [0, 0.05) is 12.4 Å². The summed E-state index contributed by atoms with van der Waals surface area (Å²) in [4.78, 5) is 16.6. The smallest absolute Gasteiger partial charge is 0.258 e. The van der Waals surface area contributed by atoms with Crippen LogP contribution in [0.4, 0.5) is 5.69 Å². The second-order valence-electron chi connectivity index (χ2n) is 5.44. The van der Waals surface area contributed by atoms with Crippen molar-refractivity contribution >= 4 is 11.6 Å². The number of amides is 1. The van der Waals surface area contributed by atoms with E-state index in [2.05, 4.69) is 15.4 Å². The first-order chi connectivity index (χ1) is 11.7. The largest absolute Gasteiger partial charge is 0.480 e. The van der Waals surface area contributed by atoms with Crippen molar-refractivity contribution in [2.24, 2.45) is 0 Å². The normalized spacial score (nSPS) is 10.4. The van der Waals surface area contributed by atoms with Gasteiger partial charge in [0.15, 0.2) is 0 Å². The summed E-state index contributed by atoms with van der Waals surface area (Å²) in [5, 5.41) is 7.06. The number of carbonyl (C=O) groups excluding carboxylic acids is 1. The minimum Gasteiger partial charge on any atom is -0.480 e. The topological polar surface area (TPSA) is 69.0 Å². The number of rotatable bonds is 5. The molecule has 1 N–H and O–H groups in total. The number of nitrogens with zero attached hydrogens (tertiary/aromatic N) is 3. The molecule has 2 aromatic heterocycles. The van der Waals surface area contributed by atoms with E-state index >= 15 is 0 Å². The van der Waals surface area contributed by atoms with Crippen LogP contribution in [-0.4, -0.2) is 27.8 Å². The Labute approximate surface area is 140 Å². The van der Waals surface area contributed by atoms with Gasteiger partial charge in [0.05, 0.1) is 25.4 Å². The quantitative estimate of drug-likeness (QED) is 0.784.